The van der Waals surface area contributed by atoms with E-state index in [-0.39, 0.29) is 18.4 Å². The molecule has 1 unspecified atom stereocenters. The molecule has 2 aromatic rings. The Balaban J connectivity index is 1.54. The van der Waals surface area contributed by atoms with Gasteiger partial charge in [0.2, 0.25) is 0 Å². The molecule has 0 spiro atoms. The minimum atomic E-state index is -0.0651. The molecule has 0 saturated carbocycles. The predicted octanol–water partition coefficient (Wildman–Crippen LogP) is 1.26. The van der Waals surface area contributed by atoms with Crippen molar-refractivity contribution in [3.05, 3.63) is 41.8 Å². The molecule has 0 radical (unpaired) electrons. The average Bonchev–Trinajstić information content (AvgIpc) is 3.28. The van der Waals surface area contributed by atoms with Crippen LogP contribution < -0.4 is 0 Å². The van der Waals surface area contributed by atoms with Crippen LogP contribution in [0.25, 0.3) is 0 Å². The quantitative estimate of drug-likeness (QED) is 0.705. The number of pyridine rings is 1. The van der Waals surface area contributed by atoms with Crippen LogP contribution in [0.2, 0.25) is 0 Å². The molecule has 128 valence electrons. The molecule has 0 aliphatic carbocycles. The highest BCUT2D eigenvalue weighted by Gasteiger charge is 2.31. The van der Waals surface area contributed by atoms with Crippen LogP contribution in [0, 0.1) is 0 Å². The van der Waals surface area contributed by atoms with Gasteiger partial charge in [-0.05, 0) is 18.6 Å². The van der Waals surface area contributed by atoms with Crippen molar-refractivity contribution in [2.75, 3.05) is 33.4 Å². The van der Waals surface area contributed by atoms with Gasteiger partial charge in [0.05, 0.1) is 13.2 Å². The molecule has 3 heterocycles. The summed E-state index contributed by atoms with van der Waals surface area (Å²) in [5, 5.41) is 4.01. The summed E-state index contributed by atoms with van der Waals surface area (Å²) in [7, 11) is 1.62. The zero-order chi connectivity index (χ0) is 16.8. The first-order chi connectivity index (χ1) is 11.8. The number of amides is 1. The third-order valence-electron chi connectivity index (χ3n) is 3.87. The lowest BCUT2D eigenvalue weighted by molar-refractivity contribution is 0.0494. The van der Waals surface area contributed by atoms with Gasteiger partial charge < -0.3 is 18.9 Å². The van der Waals surface area contributed by atoms with Gasteiger partial charge in [-0.2, -0.15) is 4.98 Å². The van der Waals surface area contributed by atoms with Gasteiger partial charge >= 0.3 is 0 Å². The predicted molar refractivity (Wildman–Crippen MR) is 83.3 cm³/mol. The summed E-state index contributed by atoms with van der Waals surface area (Å²) in [5.41, 5.74) is 0.457. The van der Waals surface area contributed by atoms with Crippen molar-refractivity contribution in [1.29, 1.82) is 0 Å². The van der Waals surface area contributed by atoms with Gasteiger partial charge in [0.1, 0.15) is 12.3 Å². The van der Waals surface area contributed by atoms with Crippen molar-refractivity contribution in [3.8, 4) is 0 Å². The molecule has 1 saturated heterocycles. The number of aromatic nitrogens is 3. The van der Waals surface area contributed by atoms with Gasteiger partial charge in [-0.1, -0.05) is 11.2 Å². The molecule has 24 heavy (non-hydrogen) atoms. The summed E-state index contributed by atoms with van der Waals surface area (Å²) < 4.78 is 15.5. The third-order valence-corrected chi connectivity index (χ3v) is 3.87. The van der Waals surface area contributed by atoms with E-state index in [2.05, 4.69) is 15.1 Å². The number of ether oxygens (including phenoxy) is 2. The SMILES string of the molecule is COCCOCc1nc(C2CCN(C(=O)c3ccccn3)C2)no1. The standard InChI is InChI=1S/C16H20N4O4/c1-22-8-9-23-11-14-18-15(19-24-14)12-5-7-20(10-12)16(21)13-4-2-3-6-17-13/h2-4,6,12H,5,7-11H2,1H3. The second-order valence-electron chi connectivity index (χ2n) is 5.54. The van der Waals surface area contributed by atoms with Crippen LogP contribution in [-0.4, -0.2) is 59.3 Å². The topological polar surface area (TPSA) is 90.6 Å². The first-order valence-corrected chi connectivity index (χ1v) is 7.87. The third kappa shape index (κ3) is 3.95. The summed E-state index contributed by atoms with van der Waals surface area (Å²) in [6.45, 7) is 2.49. The van der Waals surface area contributed by atoms with Crippen molar-refractivity contribution in [2.24, 2.45) is 0 Å². The van der Waals surface area contributed by atoms with E-state index < -0.39 is 0 Å². The molecule has 0 aromatic carbocycles. The Morgan fingerprint density at radius 2 is 2.33 bits per heavy atom. The van der Waals surface area contributed by atoms with Crippen LogP contribution in [0.5, 0.6) is 0 Å². The Labute approximate surface area is 139 Å². The number of likely N-dealkylation sites (tertiary alicyclic amines) is 1. The minimum Gasteiger partial charge on any atom is -0.382 e. The zero-order valence-electron chi connectivity index (χ0n) is 13.6. The smallest absolute Gasteiger partial charge is 0.272 e. The highest BCUT2D eigenvalue weighted by molar-refractivity contribution is 5.92. The Morgan fingerprint density at radius 1 is 1.42 bits per heavy atom. The van der Waals surface area contributed by atoms with E-state index in [9.17, 15) is 4.79 Å². The van der Waals surface area contributed by atoms with Crippen LogP contribution in [0.4, 0.5) is 0 Å². The lowest BCUT2D eigenvalue weighted by Crippen LogP contribution is -2.29. The Hall–Kier alpha value is -2.32. The maximum absolute atomic E-state index is 12.4. The number of methoxy groups -OCH3 is 1. The molecule has 1 aliphatic heterocycles. The number of carbonyl (C=O) groups is 1. The molecule has 3 rings (SSSR count). The molecule has 0 bridgehead atoms. The van der Waals surface area contributed by atoms with Crippen molar-refractivity contribution >= 4 is 5.91 Å². The minimum absolute atomic E-state index is 0.0651. The first kappa shape index (κ1) is 16.5. The van der Waals surface area contributed by atoms with Gasteiger partial charge in [-0.25, -0.2) is 0 Å². The summed E-state index contributed by atoms with van der Waals surface area (Å²) in [5.74, 6) is 1.08. The lowest BCUT2D eigenvalue weighted by Gasteiger charge is -2.14. The fraction of sp³-hybridized carbons (Fsp3) is 0.500. The van der Waals surface area contributed by atoms with E-state index >= 15 is 0 Å². The molecule has 1 aliphatic rings. The van der Waals surface area contributed by atoms with E-state index in [1.165, 1.54) is 0 Å². The summed E-state index contributed by atoms with van der Waals surface area (Å²) >= 11 is 0. The number of rotatable bonds is 7. The van der Waals surface area contributed by atoms with Gasteiger partial charge in [0, 0.05) is 32.3 Å². The average molecular weight is 332 g/mol. The van der Waals surface area contributed by atoms with Gasteiger partial charge in [-0.3, -0.25) is 9.78 Å². The number of hydrogen-bond acceptors (Lipinski definition) is 7. The van der Waals surface area contributed by atoms with Gasteiger partial charge in [0.15, 0.2) is 5.82 Å². The molecule has 1 fully saturated rings. The van der Waals surface area contributed by atoms with Gasteiger partial charge in [0.25, 0.3) is 11.8 Å². The van der Waals surface area contributed by atoms with E-state index in [4.69, 9.17) is 14.0 Å². The maximum Gasteiger partial charge on any atom is 0.272 e. The molecule has 1 amide bonds. The molecule has 0 N–H and O–H groups in total. The fourth-order valence-corrected chi connectivity index (χ4v) is 2.60. The summed E-state index contributed by atoms with van der Waals surface area (Å²) in [4.78, 5) is 22.6. The van der Waals surface area contributed by atoms with Crippen LogP contribution in [0.15, 0.2) is 28.9 Å². The summed E-state index contributed by atoms with van der Waals surface area (Å²) in [6, 6.07) is 5.32. The lowest BCUT2D eigenvalue weighted by atomic mass is 10.1. The van der Waals surface area contributed by atoms with E-state index in [1.54, 1.807) is 30.3 Å². The molecular weight excluding hydrogens is 312 g/mol. The maximum atomic E-state index is 12.4. The number of nitrogens with zero attached hydrogens (tertiary/aromatic N) is 4. The molecule has 1 atom stereocenters. The Bertz CT molecular complexity index is 661. The van der Waals surface area contributed by atoms with Crippen molar-refractivity contribution in [1.82, 2.24) is 20.0 Å². The molecule has 8 heteroatoms. The van der Waals surface area contributed by atoms with E-state index in [0.29, 0.717) is 43.7 Å². The van der Waals surface area contributed by atoms with Gasteiger partial charge in [-0.15, -0.1) is 0 Å². The largest absolute Gasteiger partial charge is 0.382 e. The van der Waals surface area contributed by atoms with E-state index in [1.807, 2.05) is 6.07 Å². The molecule has 2 aromatic heterocycles. The molecular formula is C16H20N4O4. The van der Waals surface area contributed by atoms with Crippen LogP contribution in [0.1, 0.15) is 34.5 Å². The Morgan fingerprint density at radius 3 is 3.12 bits per heavy atom. The first-order valence-electron chi connectivity index (χ1n) is 7.87. The van der Waals surface area contributed by atoms with Crippen molar-refractivity contribution in [2.45, 2.75) is 18.9 Å². The second kappa shape index (κ2) is 7.98. The number of carbonyl (C=O) groups excluding carboxylic acids is 1. The Kier molecular flexibility index (Phi) is 5.50. The van der Waals surface area contributed by atoms with Crippen molar-refractivity contribution < 1.29 is 18.8 Å². The van der Waals surface area contributed by atoms with Crippen molar-refractivity contribution in [3.63, 3.8) is 0 Å². The van der Waals surface area contributed by atoms with Crippen LogP contribution >= 0.6 is 0 Å². The highest BCUT2D eigenvalue weighted by atomic mass is 16.5. The second-order valence-corrected chi connectivity index (χ2v) is 5.54. The fourth-order valence-electron chi connectivity index (χ4n) is 2.60. The normalized spacial score (nSPS) is 17.4. The van der Waals surface area contributed by atoms with E-state index in [0.717, 1.165) is 6.42 Å². The zero-order valence-corrected chi connectivity index (χ0v) is 13.6. The monoisotopic (exact) mass is 332 g/mol. The number of hydrogen-bond donors (Lipinski definition) is 0. The van der Waals surface area contributed by atoms with Crippen LogP contribution in [-0.2, 0) is 16.1 Å². The summed E-state index contributed by atoms with van der Waals surface area (Å²) in [6.07, 6.45) is 2.43. The van der Waals surface area contributed by atoms with Crippen LogP contribution in [0.3, 0.4) is 0 Å². The molecule has 8 nitrogen and oxygen atoms in total. The highest BCUT2D eigenvalue weighted by Crippen LogP contribution is 2.26.